The molecule has 0 radical (unpaired) electrons. The molecule has 1 aromatic rings. The van der Waals surface area contributed by atoms with Crippen LogP contribution in [0.15, 0.2) is 28.0 Å². The third-order valence-electron chi connectivity index (χ3n) is 5.58. The second kappa shape index (κ2) is 4.68. The Bertz CT molecular complexity index is 661. The zero-order valence-corrected chi connectivity index (χ0v) is 12.6. The molecule has 0 atom stereocenters. The molecular formula is C15H20N2O3S. The highest BCUT2D eigenvalue weighted by atomic mass is 32.2. The van der Waals surface area contributed by atoms with Crippen LogP contribution in [0.1, 0.15) is 32.1 Å². The van der Waals surface area contributed by atoms with Gasteiger partial charge in [0.05, 0.1) is 4.90 Å². The molecule has 114 valence electrons. The van der Waals surface area contributed by atoms with Crippen LogP contribution in [-0.4, -0.2) is 19.4 Å². The molecule has 4 aliphatic carbocycles. The van der Waals surface area contributed by atoms with Crippen molar-refractivity contribution in [2.45, 2.75) is 43.0 Å². The predicted molar refractivity (Wildman–Crippen MR) is 78.2 cm³/mol. The zero-order chi connectivity index (χ0) is 14.6. The Morgan fingerprint density at radius 2 is 1.62 bits per heavy atom. The maximum Gasteiger partial charge on any atom is 0.247 e. The summed E-state index contributed by atoms with van der Waals surface area (Å²) < 4.78 is 27.9. The van der Waals surface area contributed by atoms with Crippen molar-refractivity contribution in [2.75, 3.05) is 0 Å². The van der Waals surface area contributed by atoms with E-state index in [1.807, 2.05) is 0 Å². The summed E-state index contributed by atoms with van der Waals surface area (Å²) in [5.74, 6) is 2.64. The fourth-order valence-electron chi connectivity index (χ4n) is 4.93. The van der Waals surface area contributed by atoms with Crippen LogP contribution < -0.4 is 10.3 Å². The van der Waals surface area contributed by atoms with Crippen LogP contribution in [0.25, 0.3) is 0 Å². The molecule has 1 heterocycles. The molecular weight excluding hydrogens is 288 g/mol. The Balaban J connectivity index is 1.58. The van der Waals surface area contributed by atoms with Crippen molar-refractivity contribution in [2.24, 2.45) is 23.7 Å². The van der Waals surface area contributed by atoms with E-state index in [4.69, 9.17) is 0 Å². The lowest BCUT2D eigenvalue weighted by Crippen LogP contribution is -2.55. The molecule has 1 aromatic heterocycles. The van der Waals surface area contributed by atoms with Crippen molar-refractivity contribution in [1.29, 1.82) is 0 Å². The number of nitrogens with one attached hydrogen (secondary N) is 2. The van der Waals surface area contributed by atoms with Crippen molar-refractivity contribution in [3.63, 3.8) is 0 Å². The average molecular weight is 308 g/mol. The summed E-state index contributed by atoms with van der Waals surface area (Å²) in [5.41, 5.74) is -0.288. The first kappa shape index (κ1) is 13.5. The molecule has 0 amide bonds. The first-order chi connectivity index (χ1) is 10.0. The average Bonchev–Trinajstić information content (AvgIpc) is 2.42. The van der Waals surface area contributed by atoms with E-state index in [2.05, 4.69) is 9.71 Å². The summed E-state index contributed by atoms with van der Waals surface area (Å²) in [7, 11) is -3.54. The summed E-state index contributed by atoms with van der Waals surface area (Å²) in [5, 5.41) is 0. The van der Waals surface area contributed by atoms with Gasteiger partial charge in [0.1, 0.15) is 0 Å². The number of H-pyrrole nitrogens is 1. The van der Waals surface area contributed by atoms with Crippen molar-refractivity contribution in [3.8, 4) is 0 Å². The van der Waals surface area contributed by atoms with E-state index in [0.717, 1.165) is 11.8 Å². The molecule has 4 bridgehead atoms. The van der Waals surface area contributed by atoms with Gasteiger partial charge in [0.2, 0.25) is 15.6 Å². The van der Waals surface area contributed by atoms with Crippen molar-refractivity contribution >= 4 is 10.0 Å². The van der Waals surface area contributed by atoms with E-state index in [1.165, 1.54) is 50.4 Å². The van der Waals surface area contributed by atoms with Gasteiger partial charge in [0.15, 0.2) is 0 Å². The second-order valence-electron chi connectivity index (χ2n) is 6.97. The van der Waals surface area contributed by atoms with E-state index >= 15 is 0 Å². The molecule has 4 saturated carbocycles. The highest BCUT2D eigenvalue weighted by Gasteiger charge is 2.49. The van der Waals surface area contributed by atoms with Gasteiger partial charge in [0.25, 0.3) is 0 Å². The minimum Gasteiger partial charge on any atom is -0.328 e. The van der Waals surface area contributed by atoms with Crippen molar-refractivity contribution in [3.05, 3.63) is 28.7 Å². The summed E-state index contributed by atoms with van der Waals surface area (Å²) in [4.78, 5) is 13.7. The number of aromatic nitrogens is 1. The number of hydrogen-bond acceptors (Lipinski definition) is 3. The van der Waals surface area contributed by atoms with Crippen LogP contribution in [0.2, 0.25) is 0 Å². The Hall–Kier alpha value is -1.14. The fraction of sp³-hybridized carbons (Fsp3) is 0.667. The summed E-state index contributed by atoms with van der Waals surface area (Å²) in [6, 6.07) is 2.71. The van der Waals surface area contributed by atoms with Crippen LogP contribution in [0.5, 0.6) is 0 Å². The molecule has 0 aliphatic heterocycles. The van der Waals surface area contributed by atoms with Gasteiger partial charge >= 0.3 is 0 Å². The summed E-state index contributed by atoms with van der Waals surface area (Å²) in [6.45, 7) is 0. The Morgan fingerprint density at radius 3 is 2.14 bits per heavy atom. The summed E-state index contributed by atoms with van der Waals surface area (Å²) >= 11 is 0. The normalized spacial score (nSPS) is 37.8. The van der Waals surface area contributed by atoms with E-state index in [1.54, 1.807) is 0 Å². The first-order valence-corrected chi connectivity index (χ1v) is 9.20. The first-order valence-electron chi connectivity index (χ1n) is 7.72. The predicted octanol–water partition coefficient (Wildman–Crippen LogP) is 1.48. The smallest absolute Gasteiger partial charge is 0.247 e. The van der Waals surface area contributed by atoms with Crippen LogP contribution in [-0.2, 0) is 10.0 Å². The number of sulfonamides is 1. The number of aromatic amines is 1. The van der Waals surface area contributed by atoms with Crippen LogP contribution >= 0.6 is 0 Å². The molecule has 6 heteroatoms. The highest BCUT2D eigenvalue weighted by Crippen LogP contribution is 2.53. The third kappa shape index (κ3) is 2.34. The molecule has 4 fully saturated rings. The van der Waals surface area contributed by atoms with Gasteiger partial charge in [-0.25, -0.2) is 13.1 Å². The van der Waals surface area contributed by atoms with Gasteiger partial charge in [0, 0.05) is 18.3 Å². The third-order valence-corrected chi connectivity index (χ3v) is 7.04. The van der Waals surface area contributed by atoms with Gasteiger partial charge in [-0.3, -0.25) is 4.79 Å². The summed E-state index contributed by atoms with van der Waals surface area (Å²) in [6.07, 6.45) is 7.32. The molecule has 0 unspecified atom stereocenters. The SMILES string of the molecule is O=c1ccc(S(=O)(=O)NC2C3CC4CC(C3)CC2C4)c[nH]1. The van der Waals surface area contributed by atoms with Gasteiger partial charge in [-0.1, -0.05) is 0 Å². The van der Waals surface area contributed by atoms with Gasteiger partial charge in [-0.05, 0) is 61.8 Å². The lowest BCUT2D eigenvalue weighted by Gasteiger charge is -2.54. The maximum atomic E-state index is 12.5. The maximum absolute atomic E-state index is 12.5. The van der Waals surface area contributed by atoms with Crippen molar-refractivity contribution in [1.82, 2.24) is 9.71 Å². The molecule has 0 saturated heterocycles. The molecule has 0 aromatic carbocycles. The topological polar surface area (TPSA) is 79.0 Å². The Labute approximate surface area is 124 Å². The number of pyridine rings is 1. The fourth-order valence-corrected chi connectivity index (χ4v) is 6.27. The highest BCUT2D eigenvalue weighted by molar-refractivity contribution is 7.89. The molecule has 2 N–H and O–H groups in total. The van der Waals surface area contributed by atoms with Gasteiger partial charge in [-0.15, -0.1) is 0 Å². The van der Waals surface area contributed by atoms with Crippen LogP contribution in [0.3, 0.4) is 0 Å². The van der Waals surface area contributed by atoms with E-state index in [0.29, 0.717) is 11.8 Å². The number of hydrogen-bond donors (Lipinski definition) is 2. The lowest BCUT2D eigenvalue weighted by atomic mass is 9.54. The van der Waals surface area contributed by atoms with Crippen molar-refractivity contribution < 1.29 is 8.42 Å². The Kier molecular flexibility index (Phi) is 3.01. The molecule has 0 spiro atoms. The van der Waals surface area contributed by atoms with Gasteiger partial charge < -0.3 is 4.98 Å². The Morgan fingerprint density at radius 1 is 1.00 bits per heavy atom. The second-order valence-corrected chi connectivity index (χ2v) is 8.68. The standard InChI is InChI=1S/C15H20N2O3S/c18-14-2-1-13(8-16-14)21(19,20)17-15-11-4-9-3-10(6-11)7-12(15)5-9/h1-2,8-12,15,17H,3-7H2,(H,16,18). The minimum absolute atomic E-state index is 0.0785. The van der Waals surface area contributed by atoms with E-state index in [9.17, 15) is 13.2 Å². The lowest BCUT2D eigenvalue weighted by molar-refractivity contribution is -0.00557. The molecule has 4 aliphatic rings. The van der Waals surface area contributed by atoms with E-state index in [-0.39, 0.29) is 16.5 Å². The van der Waals surface area contributed by atoms with E-state index < -0.39 is 10.0 Å². The molecule has 21 heavy (non-hydrogen) atoms. The number of rotatable bonds is 3. The van der Waals surface area contributed by atoms with Gasteiger partial charge in [-0.2, -0.15) is 0 Å². The quantitative estimate of drug-likeness (QED) is 0.887. The van der Waals surface area contributed by atoms with Crippen LogP contribution in [0, 0.1) is 23.7 Å². The monoisotopic (exact) mass is 308 g/mol. The molecule has 5 rings (SSSR count). The van der Waals surface area contributed by atoms with Crippen LogP contribution in [0.4, 0.5) is 0 Å². The molecule has 5 nitrogen and oxygen atoms in total. The zero-order valence-electron chi connectivity index (χ0n) is 11.8. The largest absolute Gasteiger partial charge is 0.328 e. The minimum atomic E-state index is -3.54.